The Morgan fingerprint density at radius 1 is 1.25 bits per heavy atom. The summed E-state index contributed by atoms with van der Waals surface area (Å²) < 4.78 is 12.6. The lowest BCUT2D eigenvalue weighted by atomic mass is 10.2. The van der Waals surface area contributed by atoms with Gasteiger partial charge in [0.05, 0.1) is 26.5 Å². The van der Waals surface area contributed by atoms with Crippen LogP contribution < -0.4 is 20.1 Å². The largest absolute Gasteiger partial charge is 0.497 e. The van der Waals surface area contributed by atoms with Crippen molar-refractivity contribution < 1.29 is 9.47 Å². The lowest BCUT2D eigenvalue weighted by Crippen LogP contribution is -2.44. The first-order chi connectivity index (χ1) is 13.6. The minimum atomic E-state index is 0.366. The van der Waals surface area contributed by atoms with Crippen molar-refractivity contribution in [3.05, 3.63) is 41.7 Å². The molecule has 1 atom stereocenters. The Hall–Kier alpha value is -2.74. The van der Waals surface area contributed by atoms with Crippen LogP contribution in [0.15, 0.2) is 35.5 Å². The number of aromatic nitrogens is 2. The lowest BCUT2D eigenvalue weighted by Gasteiger charge is -2.19. The van der Waals surface area contributed by atoms with Crippen molar-refractivity contribution in [1.29, 1.82) is 0 Å². The van der Waals surface area contributed by atoms with E-state index in [1.54, 1.807) is 27.5 Å². The first-order valence-electron chi connectivity index (χ1n) is 9.49. The van der Waals surface area contributed by atoms with E-state index >= 15 is 0 Å². The van der Waals surface area contributed by atoms with E-state index in [4.69, 9.17) is 9.47 Å². The number of likely N-dealkylation sites (tertiary alicyclic amines) is 1. The molecular weight excluding hydrogens is 356 g/mol. The zero-order valence-electron chi connectivity index (χ0n) is 17.1. The number of nitrogens with one attached hydrogen (secondary N) is 2. The number of rotatable bonds is 7. The molecule has 1 aromatic heterocycles. The van der Waals surface area contributed by atoms with Gasteiger partial charge in [-0.1, -0.05) is 0 Å². The summed E-state index contributed by atoms with van der Waals surface area (Å²) in [5.41, 5.74) is 2.30. The average Bonchev–Trinajstić information content (AvgIpc) is 3.33. The summed E-state index contributed by atoms with van der Waals surface area (Å²) in [5.74, 6) is 2.46. The van der Waals surface area contributed by atoms with Crippen molar-refractivity contribution >= 4 is 5.96 Å². The third-order valence-corrected chi connectivity index (χ3v) is 5.01. The summed E-state index contributed by atoms with van der Waals surface area (Å²) in [5, 5.41) is 11.1. The number of hydrogen-bond acceptors (Lipinski definition) is 5. The van der Waals surface area contributed by atoms with Crippen LogP contribution in [0.4, 0.5) is 0 Å². The number of ether oxygens (including phenoxy) is 2. The molecule has 0 saturated carbocycles. The zero-order chi connectivity index (χ0) is 19.9. The number of guanidine groups is 1. The molecule has 0 amide bonds. The molecule has 1 aliphatic heterocycles. The summed E-state index contributed by atoms with van der Waals surface area (Å²) in [6.45, 7) is 3.56. The number of aryl methyl sites for hydroxylation is 1. The van der Waals surface area contributed by atoms with Gasteiger partial charge in [-0.2, -0.15) is 5.10 Å². The predicted octanol–water partition coefficient (Wildman–Crippen LogP) is 1.38. The molecule has 28 heavy (non-hydrogen) atoms. The molecular formula is C20H30N6O2. The minimum absolute atomic E-state index is 0.366. The Balaban J connectivity index is 1.51. The highest BCUT2D eigenvalue weighted by molar-refractivity contribution is 5.79. The molecule has 2 aromatic rings. The van der Waals surface area contributed by atoms with E-state index in [2.05, 4.69) is 37.8 Å². The maximum Gasteiger partial charge on any atom is 0.191 e. The third-order valence-electron chi connectivity index (χ3n) is 5.01. The molecule has 1 fully saturated rings. The van der Waals surface area contributed by atoms with Crippen LogP contribution in [0.5, 0.6) is 11.5 Å². The van der Waals surface area contributed by atoms with Gasteiger partial charge in [0.15, 0.2) is 5.96 Å². The van der Waals surface area contributed by atoms with Crippen molar-refractivity contribution in [2.45, 2.75) is 25.6 Å². The van der Waals surface area contributed by atoms with E-state index in [0.29, 0.717) is 12.6 Å². The first kappa shape index (κ1) is 20.0. The van der Waals surface area contributed by atoms with Gasteiger partial charge >= 0.3 is 0 Å². The lowest BCUT2D eigenvalue weighted by molar-refractivity contribution is 0.321. The highest BCUT2D eigenvalue weighted by Gasteiger charge is 2.23. The number of methoxy groups -OCH3 is 2. The molecule has 8 heteroatoms. The van der Waals surface area contributed by atoms with Gasteiger partial charge in [-0.15, -0.1) is 0 Å². The molecule has 1 saturated heterocycles. The zero-order valence-corrected chi connectivity index (χ0v) is 17.1. The standard InChI is InChI=1S/C20H30N6O2/c1-21-20(22-12-17-5-7-23-25(17)2)24-16-6-8-26(14-16)13-15-9-18(27-3)11-19(10-15)28-4/h5,7,9-11,16H,6,8,12-14H2,1-4H3,(H2,21,22,24). The molecule has 2 N–H and O–H groups in total. The van der Waals surface area contributed by atoms with E-state index in [9.17, 15) is 0 Å². The second kappa shape index (κ2) is 9.45. The van der Waals surface area contributed by atoms with E-state index in [1.165, 1.54) is 5.56 Å². The second-order valence-corrected chi connectivity index (χ2v) is 6.96. The fourth-order valence-electron chi connectivity index (χ4n) is 3.45. The highest BCUT2D eigenvalue weighted by atomic mass is 16.5. The molecule has 152 valence electrons. The molecule has 1 aromatic carbocycles. The second-order valence-electron chi connectivity index (χ2n) is 6.96. The highest BCUT2D eigenvalue weighted by Crippen LogP contribution is 2.24. The average molecular weight is 387 g/mol. The summed E-state index contributed by atoms with van der Waals surface area (Å²) >= 11 is 0. The number of aliphatic imine (C=N–C) groups is 1. The summed E-state index contributed by atoms with van der Waals surface area (Å²) in [6.07, 6.45) is 2.88. The monoisotopic (exact) mass is 386 g/mol. The Kier molecular flexibility index (Phi) is 6.76. The molecule has 3 rings (SSSR count). The van der Waals surface area contributed by atoms with Gasteiger partial charge in [0.2, 0.25) is 0 Å². The normalized spacial score (nSPS) is 17.6. The number of benzene rings is 1. The molecule has 1 aliphatic rings. The van der Waals surface area contributed by atoms with Crippen molar-refractivity contribution in [3.63, 3.8) is 0 Å². The van der Waals surface area contributed by atoms with Gasteiger partial charge in [-0.05, 0) is 30.2 Å². The van der Waals surface area contributed by atoms with Crippen molar-refractivity contribution in [2.75, 3.05) is 34.4 Å². The van der Waals surface area contributed by atoms with Crippen LogP contribution in [-0.4, -0.2) is 61.0 Å². The molecule has 0 spiro atoms. The minimum Gasteiger partial charge on any atom is -0.497 e. The van der Waals surface area contributed by atoms with Gasteiger partial charge < -0.3 is 20.1 Å². The van der Waals surface area contributed by atoms with Crippen molar-refractivity contribution in [3.8, 4) is 11.5 Å². The van der Waals surface area contributed by atoms with E-state index in [0.717, 1.165) is 49.2 Å². The van der Waals surface area contributed by atoms with Gasteiger partial charge in [0.25, 0.3) is 0 Å². The smallest absolute Gasteiger partial charge is 0.191 e. The molecule has 0 radical (unpaired) electrons. The summed E-state index contributed by atoms with van der Waals surface area (Å²) in [6, 6.07) is 8.40. The fourth-order valence-corrected chi connectivity index (χ4v) is 3.45. The van der Waals surface area contributed by atoms with Crippen molar-refractivity contribution in [2.24, 2.45) is 12.0 Å². The van der Waals surface area contributed by atoms with Crippen LogP contribution in [0.25, 0.3) is 0 Å². The number of hydrogen-bond donors (Lipinski definition) is 2. The molecule has 8 nitrogen and oxygen atoms in total. The van der Waals surface area contributed by atoms with Crippen LogP contribution in [0.1, 0.15) is 17.7 Å². The van der Waals surface area contributed by atoms with Crippen LogP contribution in [-0.2, 0) is 20.1 Å². The third kappa shape index (κ3) is 5.16. The van der Waals surface area contributed by atoms with Gasteiger partial charge in [-0.25, -0.2) is 0 Å². The van der Waals surface area contributed by atoms with E-state index in [1.807, 2.05) is 23.9 Å². The maximum absolute atomic E-state index is 5.37. The first-order valence-corrected chi connectivity index (χ1v) is 9.49. The summed E-state index contributed by atoms with van der Waals surface area (Å²) in [4.78, 5) is 6.78. The molecule has 1 unspecified atom stereocenters. The predicted molar refractivity (Wildman–Crippen MR) is 110 cm³/mol. The Bertz CT molecular complexity index is 781. The summed E-state index contributed by atoms with van der Waals surface area (Å²) in [7, 11) is 7.10. The van der Waals surface area contributed by atoms with E-state index in [-0.39, 0.29) is 0 Å². The Labute approximate surface area is 166 Å². The Morgan fingerprint density at radius 3 is 2.61 bits per heavy atom. The van der Waals surface area contributed by atoms with E-state index < -0.39 is 0 Å². The van der Waals surface area contributed by atoms with Gasteiger partial charge in [0, 0.05) is 52.0 Å². The van der Waals surface area contributed by atoms with Crippen LogP contribution in [0.2, 0.25) is 0 Å². The fraction of sp³-hybridized carbons (Fsp3) is 0.500. The van der Waals surface area contributed by atoms with Crippen LogP contribution in [0, 0.1) is 0 Å². The topological polar surface area (TPSA) is 75.9 Å². The molecule has 0 aliphatic carbocycles. The SMILES string of the molecule is CN=C(NCc1ccnn1C)NC1CCN(Cc2cc(OC)cc(OC)c2)C1. The molecule has 2 heterocycles. The molecule has 0 bridgehead atoms. The number of nitrogens with zero attached hydrogens (tertiary/aromatic N) is 4. The maximum atomic E-state index is 5.37. The quantitative estimate of drug-likeness (QED) is 0.553. The van der Waals surface area contributed by atoms with Crippen LogP contribution in [0.3, 0.4) is 0 Å². The van der Waals surface area contributed by atoms with Gasteiger partial charge in [-0.3, -0.25) is 14.6 Å². The Morgan fingerprint density at radius 2 is 2.00 bits per heavy atom. The van der Waals surface area contributed by atoms with Crippen molar-refractivity contribution in [1.82, 2.24) is 25.3 Å². The van der Waals surface area contributed by atoms with Crippen LogP contribution >= 0.6 is 0 Å². The van der Waals surface area contributed by atoms with Gasteiger partial charge in [0.1, 0.15) is 11.5 Å².